The van der Waals surface area contributed by atoms with Crippen LogP contribution in [0.5, 0.6) is 0 Å². The van der Waals surface area contributed by atoms with Gasteiger partial charge in [-0.25, -0.2) is 0 Å². The molecule has 2 heterocycles. The molecule has 2 fully saturated rings. The summed E-state index contributed by atoms with van der Waals surface area (Å²) in [6, 6.07) is 7.89. The lowest BCUT2D eigenvalue weighted by Crippen LogP contribution is -2.32. The standard InChI is InChI=1S/C17H24N2/c1-12-14-7-8-18-17(12)16-11-13(5-6-15(14)16)19-9-3-2-4-10-19/h5-6,11-12,14,17-18H,2-4,7-10H2,1H3/t12-,14?,17?/m0/s1. The molecule has 1 N–H and O–H groups in total. The van der Waals surface area contributed by atoms with Gasteiger partial charge in [0.15, 0.2) is 0 Å². The van der Waals surface area contributed by atoms with Gasteiger partial charge in [-0.3, -0.25) is 0 Å². The van der Waals surface area contributed by atoms with Crippen LogP contribution in [0.15, 0.2) is 18.2 Å². The molecule has 19 heavy (non-hydrogen) atoms. The van der Waals surface area contributed by atoms with Gasteiger partial charge in [-0.2, -0.15) is 0 Å². The maximum atomic E-state index is 3.73. The molecule has 102 valence electrons. The van der Waals surface area contributed by atoms with Gasteiger partial charge in [0.25, 0.3) is 0 Å². The van der Waals surface area contributed by atoms with E-state index < -0.39 is 0 Å². The smallest absolute Gasteiger partial charge is 0.0369 e. The van der Waals surface area contributed by atoms with Crippen LogP contribution in [-0.2, 0) is 0 Å². The fourth-order valence-electron chi connectivity index (χ4n) is 4.43. The summed E-state index contributed by atoms with van der Waals surface area (Å²) in [5.74, 6) is 1.58. The lowest BCUT2D eigenvalue weighted by atomic mass is 9.87. The Morgan fingerprint density at radius 1 is 1.11 bits per heavy atom. The minimum absolute atomic E-state index is 0.610. The first-order valence-electron chi connectivity index (χ1n) is 7.97. The van der Waals surface area contributed by atoms with E-state index in [4.69, 9.17) is 0 Å². The largest absolute Gasteiger partial charge is 0.372 e. The lowest BCUT2D eigenvalue weighted by molar-refractivity contribution is 0.300. The second-order valence-electron chi connectivity index (χ2n) is 6.55. The molecule has 0 aromatic heterocycles. The zero-order valence-corrected chi connectivity index (χ0v) is 11.9. The van der Waals surface area contributed by atoms with E-state index in [1.807, 2.05) is 0 Å². The number of rotatable bonds is 1. The van der Waals surface area contributed by atoms with Gasteiger partial charge in [0.05, 0.1) is 0 Å². The number of anilines is 1. The average molecular weight is 256 g/mol. The maximum absolute atomic E-state index is 3.73. The SMILES string of the molecule is C[C@H]1C2CCNC1c1cc(N3CCCCC3)ccc12. The summed E-state index contributed by atoms with van der Waals surface area (Å²) < 4.78 is 0. The van der Waals surface area contributed by atoms with Crippen molar-refractivity contribution in [3.8, 4) is 0 Å². The fraction of sp³-hybridized carbons (Fsp3) is 0.647. The van der Waals surface area contributed by atoms with E-state index >= 15 is 0 Å². The van der Waals surface area contributed by atoms with Crippen LogP contribution in [0.2, 0.25) is 0 Å². The highest BCUT2D eigenvalue weighted by atomic mass is 15.1. The summed E-state index contributed by atoms with van der Waals surface area (Å²) in [6.07, 6.45) is 5.44. The van der Waals surface area contributed by atoms with Crippen molar-refractivity contribution < 1.29 is 0 Å². The van der Waals surface area contributed by atoms with Gasteiger partial charge in [0.1, 0.15) is 0 Å². The highest BCUT2D eigenvalue weighted by molar-refractivity contribution is 5.55. The van der Waals surface area contributed by atoms with Crippen LogP contribution < -0.4 is 10.2 Å². The van der Waals surface area contributed by atoms with Crippen LogP contribution in [0.4, 0.5) is 5.69 Å². The van der Waals surface area contributed by atoms with Crippen molar-refractivity contribution in [2.24, 2.45) is 5.92 Å². The minimum atomic E-state index is 0.610. The topological polar surface area (TPSA) is 15.3 Å². The second kappa shape index (κ2) is 4.52. The molecule has 4 rings (SSSR count). The zero-order chi connectivity index (χ0) is 12.8. The summed E-state index contributed by atoms with van der Waals surface area (Å²) in [5.41, 5.74) is 4.68. The predicted octanol–water partition coefficient (Wildman–Crippen LogP) is 3.44. The van der Waals surface area contributed by atoms with Gasteiger partial charge in [-0.05, 0) is 67.3 Å². The molecule has 3 aliphatic rings. The molecule has 0 amide bonds. The average Bonchev–Trinajstić information content (AvgIpc) is 2.63. The van der Waals surface area contributed by atoms with Gasteiger partial charge in [-0.1, -0.05) is 13.0 Å². The number of hydrogen-bond donors (Lipinski definition) is 1. The third kappa shape index (κ3) is 1.80. The summed E-state index contributed by atoms with van der Waals surface area (Å²) in [5, 5.41) is 3.73. The zero-order valence-electron chi connectivity index (χ0n) is 11.9. The molecule has 2 bridgehead atoms. The molecule has 0 spiro atoms. The van der Waals surface area contributed by atoms with Crippen LogP contribution in [0.1, 0.15) is 55.7 Å². The minimum Gasteiger partial charge on any atom is -0.372 e. The lowest BCUT2D eigenvalue weighted by Gasteiger charge is -2.30. The van der Waals surface area contributed by atoms with Gasteiger partial charge in [0.2, 0.25) is 0 Å². The van der Waals surface area contributed by atoms with Gasteiger partial charge >= 0.3 is 0 Å². The van der Waals surface area contributed by atoms with Gasteiger partial charge in [0, 0.05) is 24.8 Å². The fourth-order valence-corrected chi connectivity index (χ4v) is 4.43. The molecule has 3 atom stereocenters. The van der Waals surface area contributed by atoms with Crippen molar-refractivity contribution in [1.82, 2.24) is 5.32 Å². The molecular weight excluding hydrogens is 232 g/mol. The van der Waals surface area contributed by atoms with Crippen LogP contribution >= 0.6 is 0 Å². The maximum Gasteiger partial charge on any atom is 0.0369 e. The molecular formula is C17H24N2. The molecule has 2 saturated heterocycles. The summed E-state index contributed by atoms with van der Waals surface area (Å²) in [6.45, 7) is 6.10. The first-order chi connectivity index (χ1) is 9.34. The summed E-state index contributed by atoms with van der Waals surface area (Å²) >= 11 is 0. The van der Waals surface area contributed by atoms with Crippen LogP contribution in [0.25, 0.3) is 0 Å². The molecule has 2 heteroatoms. The molecule has 2 nitrogen and oxygen atoms in total. The Morgan fingerprint density at radius 2 is 1.95 bits per heavy atom. The molecule has 2 unspecified atom stereocenters. The Hall–Kier alpha value is -1.02. The molecule has 1 aromatic carbocycles. The predicted molar refractivity (Wildman–Crippen MR) is 79.8 cm³/mol. The Bertz CT molecular complexity index is 476. The Kier molecular flexibility index (Phi) is 2.80. The first-order valence-corrected chi connectivity index (χ1v) is 7.97. The van der Waals surface area contributed by atoms with Crippen LogP contribution in [0, 0.1) is 5.92 Å². The van der Waals surface area contributed by atoms with Crippen molar-refractivity contribution in [3.05, 3.63) is 29.3 Å². The second-order valence-corrected chi connectivity index (χ2v) is 6.55. The number of piperidine rings is 2. The Labute approximate surface area is 116 Å². The third-order valence-corrected chi connectivity index (χ3v) is 5.51. The quantitative estimate of drug-likeness (QED) is 0.828. The van der Waals surface area contributed by atoms with Crippen LogP contribution in [0.3, 0.4) is 0 Å². The third-order valence-electron chi connectivity index (χ3n) is 5.51. The van der Waals surface area contributed by atoms with E-state index in [0.717, 1.165) is 11.8 Å². The summed E-state index contributed by atoms with van der Waals surface area (Å²) in [4.78, 5) is 2.58. The van der Waals surface area contributed by atoms with E-state index in [0.29, 0.717) is 6.04 Å². The van der Waals surface area contributed by atoms with Gasteiger partial charge in [-0.15, -0.1) is 0 Å². The van der Waals surface area contributed by atoms with E-state index in [9.17, 15) is 0 Å². The molecule has 2 aliphatic heterocycles. The van der Waals surface area contributed by atoms with Crippen molar-refractivity contribution in [2.45, 2.75) is 44.6 Å². The highest BCUT2D eigenvalue weighted by Crippen LogP contribution is 2.49. The van der Waals surface area contributed by atoms with Crippen molar-refractivity contribution in [3.63, 3.8) is 0 Å². The van der Waals surface area contributed by atoms with Crippen LogP contribution in [-0.4, -0.2) is 19.6 Å². The van der Waals surface area contributed by atoms with E-state index in [-0.39, 0.29) is 0 Å². The number of fused-ring (bicyclic) bond motifs is 5. The van der Waals surface area contributed by atoms with Gasteiger partial charge < -0.3 is 10.2 Å². The number of nitrogens with one attached hydrogen (secondary N) is 1. The van der Waals surface area contributed by atoms with Crippen molar-refractivity contribution in [1.29, 1.82) is 0 Å². The van der Waals surface area contributed by atoms with E-state index in [2.05, 4.69) is 35.3 Å². The summed E-state index contributed by atoms with van der Waals surface area (Å²) in [7, 11) is 0. The van der Waals surface area contributed by atoms with Crippen molar-refractivity contribution >= 4 is 5.69 Å². The van der Waals surface area contributed by atoms with E-state index in [1.165, 1.54) is 51.0 Å². The molecule has 0 saturated carbocycles. The van der Waals surface area contributed by atoms with E-state index in [1.54, 1.807) is 11.1 Å². The number of benzene rings is 1. The number of nitrogens with zero attached hydrogens (tertiary/aromatic N) is 1. The first kappa shape index (κ1) is 11.8. The monoisotopic (exact) mass is 256 g/mol. The Morgan fingerprint density at radius 3 is 2.79 bits per heavy atom. The molecule has 1 aromatic rings. The number of hydrogen-bond acceptors (Lipinski definition) is 2. The Balaban J connectivity index is 1.69. The normalized spacial score (nSPS) is 33.3. The molecule has 1 aliphatic carbocycles. The highest BCUT2D eigenvalue weighted by Gasteiger charge is 2.40. The van der Waals surface area contributed by atoms with Crippen molar-refractivity contribution in [2.75, 3.05) is 24.5 Å². The molecule has 0 radical (unpaired) electrons.